The molecule has 0 spiro atoms. The second-order valence-electron chi connectivity index (χ2n) is 5.68. The van der Waals surface area contributed by atoms with Gasteiger partial charge in [0, 0.05) is 31.5 Å². The largest absolute Gasteiger partial charge is 0.386 e. The van der Waals surface area contributed by atoms with E-state index in [0.717, 1.165) is 32.4 Å². The molecule has 2 atom stereocenters. The number of nitrogens with one attached hydrogen (secondary N) is 3. The molecule has 2 unspecified atom stereocenters. The number of nitrogens with two attached hydrogens (primary N) is 1. The number of rotatable bonds is 14. The third-order valence-electron chi connectivity index (χ3n) is 3.56. The molecule has 0 saturated heterocycles. The van der Waals surface area contributed by atoms with E-state index >= 15 is 0 Å². The zero-order valence-electron chi connectivity index (χ0n) is 14.6. The molecule has 0 bridgehead atoms. The molecule has 5 heteroatoms. The van der Waals surface area contributed by atoms with Crippen molar-refractivity contribution in [1.29, 1.82) is 5.41 Å². The fourth-order valence-corrected chi connectivity index (χ4v) is 2.03. The highest BCUT2D eigenvalue weighted by Crippen LogP contribution is 2.01. The van der Waals surface area contributed by atoms with Crippen LogP contribution >= 0.6 is 0 Å². The molecular weight excluding hydrogens is 286 g/mol. The van der Waals surface area contributed by atoms with Crippen LogP contribution in [0.1, 0.15) is 39.5 Å². The molecule has 0 aromatic heterocycles. The monoisotopic (exact) mass is 319 g/mol. The lowest BCUT2D eigenvalue weighted by Crippen LogP contribution is -2.38. The summed E-state index contributed by atoms with van der Waals surface area (Å²) >= 11 is 0. The van der Waals surface area contributed by atoms with Gasteiger partial charge < -0.3 is 21.3 Å². The number of terminal acetylenes is 1. The van der Waals surface area contributed by atoms with Crippen LogP contribution in [0.25, 0.3) is 0 Å². The summed E-state index contributed by atoms with van der Waals surface area (Å²) < 4.78 is 0. The van der Waals surface area contributed by atoms with Gasteiger partial charge in [0.15, 0.2) is 0 Å². The first-order valence-corrected chi connectivity index (χ1v) is 8.33. The van der Waals surface area contributed by atoms with Crippen molar-refractivity contribution in [1.82, 2.24) is 15.5 Å². The van der Waals surface area contributed by atoms with Gasteiger partial charge >= 0.3 is 0 Å². The van der Waals surface area contributed by atoms with Gasteiger partial charge in [-0.1, -0.05) is 25.3 Å². The van der Waals surface area contributed by atoms with Gasteiger partial charge in [0.2, 0.25) is 0 Å². The lowest BCUT2D eigenvalue weighted by Gasteiger charge is -2.23. The molecule has 0 fully saturated rings. The van der Waals surface area contributed by atoms with Crippen LogP contribution in [0.3, 0.4) is 0 Å². The van der Waals surface area contributed by atoms with E-state index in [1.165, 1.54) is 0 Å². The summed E-state index contributed by atoms with van der Waals surface area (Å²) in [7, 11) is 0. The maximum atomic E-state index is 7.55. The third-order valence-corrected chi connectivity index (χ3v) is 3.56. The van der Waals surface area contributed by atoms with E-state index < -0.39 is 0 Å². The number of unbranched alkanes of at least 4 members (excludes halogenated alkanes) is 1. The summed E-state index contributed by atoms with van der Waals surface area (Å²) in [6.45, 7) is 10.6. The quantitative estimate of drug-likeness (QED) is 0.171. The maximum absolute atomic E-state index is 7.55. The molecule has 0 saturated carbocycles. The molecule has 0 aromatic rings. The van der Waals surface area contributed by atoms with E-state index in [0.29, 0.717) is 19.0 Å². The Morgan fingerprint density at radius 3 is 2.78 bits per heavy atom. The van der Waals surface area contributed by atoms with Crippen LogP contribution in [0.5, 0.6) is 0 Å². The first-order valence-electron chi connectivity index (χ1n) is 8.33. The second-order valence-corrected chi connectivity index (χ2v) is 5.68. The topological polar surface area (TPSA) is 77.2 Å². The average Bonchev–Trinajstić information content (AvgIpc) is 2.53. The highest BCUT2D eigenvalue weighted by Gasteiger charge is 2.07. The Morgan fingerprint density at radius 1 is 1.48 bits per heavy atom. The van der Waals surface area contributed by atoms with Gasteiger partial charge in [-0.05, 0) is 26.2 Å². The minimum absolute atomic E-state index is 0.127. The van der Waals surface area contributed by atoms with E-state index in [1.54, 1.807) is 6.08 Å². The van der Waals surface area contributed by atoms with E-state index in [4.69, 9.17) is 17.6 Å². The Labute approximate surface area is 141 Å². The molecule has 0 aliphatic rings. The maximum Gasteiger partial charge on any atom is 0.114 e. The number of hydrogen-bond acceptors (Lipinski definition) is 4. The lowest BCUT2D eigenvalue weighted by atomic mass is 10.2. The Kier molecular flexibility index (Phi) is 12.6. The summed E-state index contributed by atoms with van der Waals surface area (Å²) in [5.74, 6) is 2.73. The number of nitrogens with zero attached hydrogens (tertiary/aromatic N) is 1. The van der Waals surface area contributed by atoms with Crippen molar-refractivity contribution in [3.05, 3.63) is 25.1 Å². The molecule has 0 rings (SSSR count). The Balaban J connectivity index is 4.41. The molecule has 0 aromatic carbocycles. The van der Waals surface area contributed by atoms with Crippen molar-refractivity contribution < 1.29 is 0 Å². The van der Waals surface area contributed by atoms with Crippen molar-refractivity contribution in [3.8, 4) is 12.3 Å². The van der Waals surface area contributed by atoms with Crippen LogP contribution in [0.4, 0.5) is 0 Å². The zero-order valence-corrected chi connectivity index (χ0v) is 14.6. The summed E-state index contributed by atoms with van der Waals surface area (Å²) in [6.07, 6.45) is 14.9. The Hall–Kier alpha value is -1.93. The molecule has 0 aliphatic heterocycles. The Morgan fingerprint density at radius 2 is 2.22 bits per heavy atom. The van der Waals surface area contributed by atoms with E-state index in [-0.39, 0.29) is 11.9 Å². The molecule has 0 amide bonds. The molecule has 0 radical (unpaired) electrons. The minimum atomic E-state index is -0.187. The van der Waals surface area contributed by atoms with Crippen LogP contribution in [0.15, 0.2) is 25.1 Å². The highest BCUT2D eigenvalue weighted by molar-refractivity contribution is 5.82. The van der Waals surface area contributed by atoms with Crippen molar-refractivity contribution in [2.24, 2.45) is 5.73 Å². The van der Waals surface area contributed by atoms with Crippen molar-refractivity contribution >= 4 is 5.84 Å². The smallest absolute Gasteiger partial charge is 0.114 e. The molecule has 0 heterocycles. The molecular formula is C18H33N5. The van der Waals surface area contributed by atoms with Crippen LogP contribution in [-0.4, -0.2) is 42.5 Å². The lowest BCUT2D eigenvalue weighted by molar-refractivity contribution is 0.339. The second kappa shape index (κ2) is 13.7. The minimum Gasteiger partial charge on any atom is -0.386 e. The first kappa shape index (κ1) is 21.1. The fourth-order valence-electron chi connectivity index (χ4n) is 2.03. The van der Waals surface area contributed by atoms with Gasteiger partial charge in [-0.25, -0.2) is 0 Å². The van der Waals surface area contributed by atoms with Crippen molar-refractivity contribution in [2.45, 2.75) is 51.6 Å². The van der Waals surface area contributed by atoms with Gasteiger partial charge in [-0.3, -0.25) is 5.41 Å². The SMILES string of the molecule is C#CCNC(C)CCN(/C=C/NC(CC=C)C(=N)N)CCCC. The predicted octanol–water partition coefficient (Wildman–Crippen LogP) is 2.03. The summed E-state index contributed by atoms with van der Waals surface area (Å²) in [6, 6.07) is 0.204. The van der Waals surface area contributed by atoms with Gasteiger partial charge in [0.1, 0.15) is 5.84 Å². The fraction of sp³-hybridized carbons (Fsp3) is 0.611. The Bertz CT molecular complexity index is 397. The van der Waals surface area contributed by atoms with Crippen molar-refractivity contribution in [3.63, 3.8) is 0 Å². The summed E-state index contributed by atoms with van der Waals surface area (Å²) in [5.41, 5.74) is 5.57. The van der Waals surface area contributed by atoms with Crippen LogP contribution in [0, 0.1) is 17.8 Å². The highest BCUT2D eigenvalue weighted by atomic mass is 15.1. The van der Waals surface area contributed by atoms with Crippen LogP contribution in [-0.2, 0) is 0 Å². The standard InChI is InChI=1S/C18H33N5/c1-5-8-13-23(14-10-16(4)21-11-7-3)15-12-22-17(9-6-2)18(19)20/h3,6,12,15-17,21-22H,2,5,8-11,13-14H2,1,4H3,(H3,19,20)/b15-12+. The van der Waals surface area contributed by atoms with Gasteiger partial charge in [0.05, 0.1) is 12.6 Å². The number of amidine groups is 1. The van der Waals surface area contributed by atoms with Gasteiger partial charge in [-0.15, -0.1) is 13.0 Å². The molecule has 5 N–H and O–H groups in total. The molecule has 0 aliphatic carbocycles. The average molecular weight is 319 g/mol. The number of hydrogen-bond donors (Lipinski definition) is 4. The normalized spacial score (nSPS) is 13.3. The van der Waals surface area contributed by atoms with Crippen molar-refractivity contribution in [2.75, 3.05) is 19.6 Å². The molecule has 130 valence electrons. The molecule has 5 nitrogen and oxygen atoms in total. The van der Waals surface area contributed by atoms with Crippen LogP contribution < -0.4 is 16.4 Å². The van der Waals surface area contributed by atoms with E-state index in [9.17, 15) is 0 Å². The van der Waals surface area contributed by atoms with Crippen LogP contribution in [0.2, 0.25) is 0 Å². The predicted molar refractivity (Wildman–Crippen MR) is 100 cm³/mol. The van der Waals surface area contributed by atoms with Gasteiger partial charge in [0.25, 0.3) is 0 Å². The molecule has 23 heavy (non-hydrogen) atoms. The summed E-state index contributed by atoms with van der Waals surface area (Å²) in [4.78, 5) is 2.29. The first-order chi connectivity index (χ1) is 11.0. The van der Waals surface area contributed by atoms with E-state index in [1.807, 2.05) is 12.4 Å². The zero-order chi connectivity index (χ0) is 17.5. The van der Waals surface area contributed by atoms with Gasteiger partial charge in [-0.2, -0.15) is 0 Å². The summed E-state index contributed by atoms with van der Waals surface area (Å²) in [5, 5.41) is 14.0. The van der Waals surface area contributed by atoms with E-state index in [2.05, 4.69) is 41.9 Å². The third kappa shape index (κ3) is 11.3.